The Labute approximate surface area is 296 Å². The largest absolute Gasteiger partial charge is 0.339 e. The Morgan fingerprint density at radius 2 is 0.796 bits per heavy atom. The molecule has 4 aromatic carbocycles. The average molecular weight is 682 g/mol. The number of aryl methyl sites for hydroxylation is 2. The number of nitrogens with zero attached hydrogens (tertiary/aromatic N) is 4. The Bertz CT molecular complexity index is 2250. The summed E-state index contributed by atoms with van der Waals surface area (Å²) in [5.74, 6) is 0. The van der Waals surface area contributed by atoms with Crippen molar-refractivity contribution in [3.8, 4) is 22.5 Å². The number of hydrogen-bond donors (Lipinski definition) is 0. The number of unbranched alkanes of at least 4 members (excludes halogenated alkanes) is 6. The molecular formula is C43H38Cl2N4. The van der Waals surface area contributed by atoms with Gasteiger partial charge in [-0.05, 0) is 49.2 Å². The Morgan fingerprint density at radius 1 is 0.408 bits per heavy atom. The van der Waals surface area contributed by atoms with E-state index in [0.717, 1.165) is 58.5 Å². The number of aromatic nitrogens is 4. The summed E-state index contributed by atoms with van der Waals surface area (Å²) >= 11 is 13.3. The van der Waals surface area contributed by atoms with Crippen molar-refractivity contribution in [3.63, 3.8) is 0 Å². The Balaban J connectivity index is 0.919. The van der Waals surface area contributed by atoms with Gasteiger partial charge in [0.2, 0.25) is 0 Å². The normalized spacial score (nSPS) is 11.8. The van der Waals surface area contributed by atoms with Gasteiger partial charge in [-0.15, -0.1) is 0 Å². The van der Waals surface area contributed by atoms with E-state index < -0.39 is 0 Å². The van der Waals surface area contributed by atoms with Crippen LogP contribution in [0, 0.1) is 0 Å². The highest BCUT2D eigenvalue weighted by Crippen LogP contribution is 2.39. The van der Waals surface area contributed by atoms with Gasteiger partial charge in [-0.2, -0.15) is 0 Å². The third kappa shape index (κ3) is 5.98. The van der Waals surface area contributed by atoms with Gasteiger partial charge in [0.25, 0.3) is 0 Å². The second-order valence-electron chi connectivity index (χ2n) is 12.9. The van der Waals surface area contributed by atoms with Crippen LogP contribution in [0.25, 0.3) is 66.1 Å². The molecule has 244 valence electrons. The predicted molar refractivity (Wildman–Crippen MR) is 208 cm³/mol. The lowest BCUT2D eigenvalue weighted by atomic mass is 10.1. The topological polar surface area (TPSA) is 35.6 Å². The molecule has 4 nitrogen and oxygen atoms in total. The number of halogens is 2. The minimum atomic E-state index is 0.732. The molecule has 0 atom stereocenters. The second kappa shape index (κ2) is 14.1. The lowest BCUT2D eigenvalue weighted by molar-refractivity contribution is 0.540. The van der Waals surface area contributed by atoms with Crippen LogP contribution in [0.1, 0.15) is 44.9 Å². The van der Waals surface area contributed by atoms with E-state index in [1.807, 2.05) is 48.8 Å². The lowest BCUT2D eigenvalue weighted by Gasteiger charge is -2.12. The van der Waals surface area contributed by atoms with Crippen LogP contribution in [-0.2, 0) is 13.1 Å². The van der Waals surface area contributed by atoms with Crippen molar-refractivity contribution < 1.29 is 0 Å². The monoisotopic (exact) mass is 680 g/mol. The van der Waals surface area contributed by atoms with E-state index in [0.29, 0.717) is 0 Å². The maximum absolute atomic E-state index is 6.67. The Morgan fingerprint density at radius 3 is 1.24 bits per heavy atom. The van der Waals surface area contributed by atoms with Crippen LogP contribution < -0.4 is 0 Å². The Hall–Kier alpha value is -4.64. The van der Waals surface area contributed by atoms with Crippen molar-refractivity contribution >= 4 is 66.8 Å². The van der Waals surface area contributed by atoms with E-state index in [-0.39, 0.29) is 0 Å². The fourth-order valence-electron chi connectivity index (χ4n) is 7.59. The predicted octanol–water partition coefficient (Wildman–Crippen LogP) is 12.8. The molecule has 0 aliphatic heterocycles. The molecule has 0 aliphatic rings. The summed E-state index contributed by atoms with van der Waals surface area (Å²) < 4.78 is 4.93. The third-order valence-electron chi connectivity index (χ3n) is 9.88. The van der Waals surface area contributed by atoms with Crippen LogP contribution in [0.2, 0.25) is 10.0 Å². The number of hydrogen-bond acceptors (Lipinski definition) is 2. The van der Waals surface area contributed by atoms with Gasteiger partial charge >= 0.3 is 0 Å². The molecule has 4 aromatic heterocycles. The van der Waals surface area contributed by atoms with Gasteiger partial charge in [-0.1, -0.05) is 128 Å². The molecule has 0 N–H and O–H groups in total. The first-order valence-electron chi connectivity index (χ1n) is 17.4. The van der Waals surface area contributed by atoms with E-state index in [1.165, 1.54) is 75.7 Å². The van der Waals surface area contributed by atoms with Gasteiger partial charge in [0, 0.05) is 69.2 Å². The summed E-state index contributed by atoms with van der Waals surface area (Å²) in [6.07, 6.45) is 12.2. The van der Waals surface area contributed by atoms with Gasteiger partial charge in [-0.3, -0.25) is 9.97 Å². The van der Waals surface area contributed by atoms with Gasteiger partial charge in [0.05, 0.1) is 32.5 Å². The summed E-state index contributed by atoms with van der Waals surface area (Å²) in [6.45, 7) is 1.92. The molecule has 6 heteroatoms. The van der Waals surface area contributed by atoms with E-state index in [1.54, 1.807) is 0 Å². The molecule has 49 heavy (non-hydrogen) atoms. The highest BCUT2D eigenvalue weighted by atomic mass is 35.5. The summed E-state index contributed by atoms with van der Waals surface area (Å²) in [7, 11) is 0. The highest BCUT2D eigenvalue weighted by Gasteiger charge is 2.18. The van der Waals surface area contributed by atoms with Crippen LogP contribution in [0.15, 0.2) is 122 Å². The maximum atomic E-state index is 6.67. The lowest BCUT2D eigenvalue weighted by Crippen LogP contribution is -2.01. The molecule has 0 fully saturated rings. The molecule has 0 aliphatic carbocycles. The average Bonchev–Trinajstić information content (AvgIpc) is 3.64. The second-order valence-corrected chi connectivity index (χ2v) is 13.7. The SMILES string of the molecule is Clc1ccccc1-c1nccc2c3ccccc3n(CCCCCCCCCn3c4ccccc4c4ccnc(-c5ccccc5Cl)c43)c12. The van der Waals surface area contributed by atoms with Gasteiger partial charge in [0.15, 0.2) is 0 Å². The van der Waals surface area contributed by atoms with E-state index >= 15 is 0 Å². The summed E-state index contributed by atoms with van der Waals surface area (Å²) in [6, 6.07) is 37.8. The number of rotatable bonds is 12. The van der Waals surface area contributed by atoms with Crippen molar-refractivity contribution in [2.45, 2.75) is 58.0 Å². The molecule has 8 aromatic rings. The molecule has 8 rings (SSSR count). The van der Waals surface area contributed by atoms with E-state index in [4.69, 9.17) is 33.2 Å². The molecule has 0 spiro atoms. The first-order chi connectivity index (χ1) is 24.2. The first-order valence-corrected chi connectivity index (χ1v) is 18.2. The quantitative estimate of drug-likeness (QED) is 0.120. The third-order valence-corrected chi connectivity index (χ3v) is 10.5. The molecule has 0 bridgehead atoms. The fourth-order valence-corrected chi connectivity index (χ4v) is 8.04. The summed E-state index contributed by atoms with van der Waals surface area (Å²) in [5.41, 5.74) is 8.75. The zero-order valence-corrected chi connectivity index (χ0v) is 29.0. The molecular weight excluding hydrogens is 643 g/mol. The van der Waals surface area contributed by atoms with Crippen LogP contribution in [-0.4, -0.2) is 19.1 Å². The fraction of sp³-hybridized carbons (Fsp3) is 0.209. The van der Waals surface area contributed by atoms with E-state index in [9.17, 15) is 0 Å². The van der Waals surface area contributed by atoms with Crippen LogP contribution in [0.4, 0.5) is 0 Å². The summed E-state index contributed by atoms with van der Waals surface area (Å²) in [4.78, 5) is 9.68. The molecule has 0 unspecified atom stereocenters. The van der Waals surface area contributed by atoms with E-state index in [2.05, 4.69) is 81.9 Å². The molecule has 4 heterocycles. The molecule has 0 saturated heterocycles. The van der Waals surface area contributed by atoms with Crippen LogP contribution >= 0.6 is 23.2 Å². The van der Waals surface area contributed by atoms with Gasteiger partial charge in [-0.25, -0.2) is 0 Å². The van der Waals surface area contributed by atoms with Crippen molar-refractivity contribution in [2.75, 3.05) is 0 Å². The smallest absolute Gasteiger partial charge is 0.0960 e. The highest BCUT2D eigenvalue weighted by molar-refractivity contribution is 6.34. The number of fused-ring (bicyclic) bond motifs is 6. The molecule has 0 saturated carbocycles. The molecule has 0 amide bonds. The number of benzene rings is 4. The Kier molecular flexibility index (Phi) is 9.08. The van der Waals surface area contributed by atoms with Crippen LogP contribution in [0.3, 0.4) is 0 Å². The van der Waals surface area contributed by atoms with Gasteiger partial charge < -0.3 is 9.13 Å². The van der Waals surface area contributed by atoms with Gasteiger partial charge in [0.1, 0.15) is 0 Å². The zero-order valence-electron chi connectivity index (χ0n) is 27.5. The zero-order chi connectivity index (χ0) is 33.2. The van der Waals surface area contributed by atoms with Crippen molar-refractivity contribution in [2.24, 2.45) is 0 Å². The standard InChI is InChI=1S/C43H38Cl2N4/c44-36-20-10-6-18-34(36)40-42-32(24-26-46-40)30-16-8-12-22-38(30)48(42)28-14-4-2-1-3-5-15-29-49-39-23-13-9-17-31(39)33-25-27-47-41(43(33)49)35-19-7-11-21-37(35)45/h6-13,16-27H,1-5,14-15,28-29H2. The van der Waals surface area contributed by atoms with Crippen molar-refractivity contribution in [1.82, 2.24) is 19.1 Å². The number of pyridine rings is 2. The number of para-hydroxylation sites is 2. The first kappa shape index (κ1) is 31.6. The van der Waals surface area contributed by atoms with Crippen LogP contribution in [0.5, 0.6) is 0 Å². The van der Waals surface area contributed by atoms with Crippen molar-refractivity contribution in [3.05, 3.63) is 132 Å². The maximum Gasteiger partial charge on any atom is 0.0960 e. The summed E-state index contributed by atoms with van der Waals surface area (Å²) in [5, 5.41) is 6.47. The minimum absolute atomic E-state index is 0.732. The van der Waals surface area contributed by atoms with Crippen molar-refractivity contribution in [1.29, 1.82) is 0 Å². The molecule has 0 radical (unpaired) electrons. The minimum Gasteiger partial charge on any atom is -0.339 e.